The molecular weight excluding hydrogens is 254 g/mol. The summed E-state index contributed by atoms with van der Waals surface area (Å²) in [6.07, 6.45) is 3.30. The summed E-state index contributed by atoms with van der Waals surface area (Å²) in [6.45, 7) is 4.02. The van der Waals surface area contributed by atoms with Gasteiger partial charge in [0.1, 0.15) is 5.69 Å². The van der Waals surface area contributed by atoms with Crippen molar-refractivity contribution in [3.8, 4) is 11.3 Å². The molecule has 100 valence electrons. The number of nitrogens with zero attached hydrogens (tertiary/aromatic N) is 3. The molecule has 1 N–H and O–H groups in total. The first-order chi connectivity index (χ1) is 9.59. The summed E-state index contributed by atoms with van der Waals surface area (Å²) in [5, 5.41) is 9.26. The van der Waals surface area contributed by atoms with Gasteiger partial charge in [-0.1, -0.05) is 18.2 Å². The van der Waals surface area contributed by atoms with E-state index in [-0.39, 0.29) is 5.82 Å². The monoisotopic (exact) mass is 267 g/mol. The molecule has 0 bridgehead atoms. The number of carboxylic acids is 1. The summed E-state index contributed by atoms with van der Waals surface area (Å²) < 4.78 is 1.50. The first-order valence-electron chi connectivity index (χ1n) is 6.22. The molecule has 0 aliphatic carbocycles. The van der Waals surface area contributed by atoms with E-state index in [4.69, 9.17) is 0 Å². The van der Waals surface area contributed by atoms with Crippen molar-refractivity contribution in [2.24, 2.45) is 0 Å². The van der Waals surface area contributed by atoms with E-state index >= 15 is 0 Å². The molecule has 0 saturated heterocycles. The summed E-state index contributed by atoms with van der Waals surface area (Å²) in [5.41, 5.74) is 4.28. The van der Waals surface area contributed by atoms with Crippen molar-refractivity contribution in [1.82, 2.24) is 14.4 Å². The van der Waals surface area contributed by atoms with E-state index in [9.17, 15) is 9.90 Å². The van der Waals surface area contributed by atoms with E-state index in [1.165, 1.54) is 4.40 Å². The molecule has 0 radical (unpaired) electrons. The number of rotatable bonds is 2. The van der Waals surface area contributed by atoms with Crippen molar-refractivity contribution < 1.29 is 9.90 Å². The van der Waals surface area contributed by atoms with Crippen LogP contribution in [0.15, 0.2) is 36.7 Å². The molecule has 20 heavy (non-hydrogen) atoms. The standard InChI is InChI=1S/C15H13N3O2/c1-9-5-3-6-11(10(9)2)12-13-16-7-4-8-18(13)14(17-12)15(19)20/h3-8H,1-2H3,(H,19,20). The van der Waals surface area contributed by atoms with E-state index in [0.29, 0.717) is 11.3 Å². The molecular formula is C15H13N3O2. The summed E-state index contributed by atoms with van der Waals surface area (Å²) in [4.78, 5) is 19.8. The molecule has 5 heteroatoms. The van der Waals surface area contributed by atoms with Gasteiger partial charge in [-0.2, -0.15) is 0 Å². The molecule has 3 aromatic rings. The lowest BCUT2D eigenvalue weighted by atomic mass is 10.0. The number of benzene rings is 1. The first kappa shape index (κ1) is 12.3. The lowest BCUT2D eigenvalue weighted by molar-refractivity contribution is 0.0683. The van der Waals surface area contributed by atoms with Gasteiger partial charge >= 0.3 is 5.97 Å². The van der Waals surface area contributed by atoms with E-state index < -0.39 is 5.97 Å². The van der Waals surface area contributed by atoms with Crippen molar-refractivity contribution in [2.45, 2.75) is 13.8 Å². The largest absolute Gasteiger partial charge is 0.475 e. The van der Waals surface area contributed by atoms with Crippen LogP contribution in [-0.4, -0.2) is 25.4 Å². The molecule has 3 rings (SSSR count). The summed E-state index contributed by atoms with van der Waals surface area (Å²) in [5.74, 6) is -1.09. The fourth-order valence-corrected chi connectivity index (χ4v) is 2.27. The maximum absolute atomic E-state index is 11.3. The highest BCUT2D eigenvalue weighted by Gasteiger charge is 2.19. The average molecular weight is 267 g/mol. The summed E-state index contributed by atoms with van der Waals surface area (Å²) in [6, 6.07) is 7.58. The average Bonchev–Trinajstić information content (AvgIpc) is 2.82. The molecule has 0 aliphatic rings. The van der Waals surface area contributed by atoms with Gasteiger partial charge in [-0.25, -0.2) is 14.8 Å². The Morgan fingerprint density at radius 2 is 2.05 bits per heavy atom. The van der Waals surface area contributed by atoms with Crippen LogP contribution in [0.2, 0.25) is 0 Å². The van der Waals surface area contributed by atoms with E-state index in [1.807, 2.05) is 32.0 Å². The van der Waals surface area contributed by atoms with Crippen molar-refractivity contribution in [2.75, 3.05) is 0 Å². The fourth-order valence-electron chi connectivity index (χ4n) is 2.27. The molecule has 0 fully saturated rings. The quantitative estimate of drug-likeness (QED) is 0.775. The smallest absolute Gasteiger partial charge is 0.372 e. The third-order valence-electron chi connectivity index (χ3n) is 3.45. The number of imidazole rings is 1. The Kier molecular flexibility index (Phi) is 2.75. The minimum absolute atomic E-state index is 0.0241. The Morgan fingerprint density at radius 1 is 1.25 bits per heavy atom. The molecule has 0 atom stereocenters. The van der Waals surface area contributed by atoms with Crippen LogP contribution >= 0.6 is 0 Å². The van der Waals surface area contributed by atoms with E-state index in [0.717, 1.165) is 16.7 Å². The maximum Gasteiger partial charge on any atom is 0.372 e. The number of aromatic carboxylic acids is 1. The highest BCUT2D eigenvalue weighted by atomic mass is 16.4. The number of hydrogen-bond donors (Lipinski definition) is 1. The predicted molar refractivity (Wildman–Crippen MR) is 74.9 cm³/mol. The Bertz CT molecular complexity index is 821. The second-order valence-electron chi connectivity index (χ2n) is 4.65. The Balaban J connectivity index is 2.37. The maximum atomic E-state index is 11.3. The van der Waals surface area contributed by atoms with Gasteiger partial charge < -0.3 is 5.11 Å². The second kappa shape index (κ2) is 4.45. The molecule has 0 saturated carbocycles. The molecule has 2 heterocycles. The molecule has 0 amide bonds. The Hall–Kier alpha value is -2.69. The van der Waals surface area contributed by atoms with Gasteiger partial charge in [-0.05, 0) is 31.0 Å². The molecule has 2 aromatic heterocycles. The van der Waals surface area contributed by atoms with Gasteiger partial charge in [0.05, 0.1) is 0 Å². The van der Waals surface area contributed by atoms with Crippen LogP contribution in [0.25, 0.3) is 16.9 Å². The van der Waals surface area contributed by atoms with Gasteiger partial charge in [0, 0.05) is 18.0 Å². The van der Waals surface area contributed by atoms with Gasteiger partial charge in [-0.3, -0.25) is 4.40 Å². The highest BCUT2D eigenvalue weighted by Crippen LogP contribution is 2.28. The molecule has 1 aromatic carbocycles. The first-order valence-corrected chi connectivity index (χ1v) is 6.22. The van der Waals surface area contributed by atoms with Crippen LogP contribution in [0.1, 0.15) is 21.7 Å². The number of aromatic nitrogens is 3. The van der Waals surface area contributed by atoms with Crippen molar-refractivity contribution in [3.05, 3.63) is 53.6 Å². The number of carbonyl (C=O) groups is 1. The van der Waals surface area contributed by atoms with Gasteiger partial charge in [-0.15, -0.1) is 0 Å². The van der Waals surface area contributed by atoms with Gasteiger partial charge in [0.25, 0.3) is 0 Å². The Morgan fingerprint density at radius 3 is 2.80 bits per heavy atom. The lowest BCUT2D eigenvalue weighted by Crippen LogP contribution is -2.03. The zero-order chi connectivity index (χ0) is 14.3. The van der Waals surface area contributed by atoms with Crippen LogP contribution < -0.4 is 0 Å². The third kappa shape index (κ3) is 1.75. The highest BCUT2D eigenvalue weighted by molar-refractivity contribution is 5.89. The van der Waals surface area contributed by atoms with E-state index in [1.54, 1.807) is 18.5 Å². The van der Waals surface area contributed by atoms with Crippen LogP contribution in [0.3, 0.4) is 0 Å². The lowest BCUT2D eigenvalue weighted by Gasteiger charge is -2.05. The van der Waals surface area contributed by atoms with Crippen LogP contribution in [0.5, 0.6) is 0 Å². The molecule has 0 unspecified atom stereocenters. The topological polar surface area (TPSA) is 67.5 Å². The Labute approximate surface area is 115 Å². The number of hydrogen-bond acceptors (Lipinski definition) is 3. The van der Waals surface area contributed by atoms with Crippen LogP contribution in [0.4, 0.5) is 0 Å². The van der Waals surface area contributed by atoms with Crippen molar-refractivity contribution in [1.29, 1.82) is 0 Å². The summed E-state index contributed by atoms with van der Waals surface area (Å²) in [7, 11) is 0. The number of aryl methyl sites for hydroxylation is 1. The normalized spacial score (nSPS) is 10.9. The predicted octanol–water partition coefficient (Wildman–Crippen LogP) is 2.71. The van der Waals surface area contributed by atoms with E-state index in [2.05, 4.69) is 9.97 Å². The van der Waals surface area contributed by atoms with Crippen LogP contribution in [0, 0.1) is 13.8 Å². The van der Waals surface area contributed by atoms with Crippen molar-refractivity contribution >= 4 is 11.6 Å². The third-order valence-corrected chi connectivity index (χ3v) is 3.45. The molecule has 0 aliphatic heterocycles. The molecule has 0 spiro atoms. The minimum Gasteiger partial charge on any atom is -0.475 e. The van der Waals surface area contributed by atoms with Gasteiger partial charge in [0.2, 0.25) is 5.82 Å². The van der Waals surface area contributed by atoms with Crippen LogP contribution in [-0.2, 0) is 0 Å². The zero-order valence-corrected chi connectivity index (χ0v) is 11.2. The molecule has 5 nitrogen and oxygen atoms in total. The zero-order valence-electron chi connectivity index (χ0n) is 11.2. The minimum atomic E-state index is -1.07. The SMILES string of the molecule is Cc1cccc(-c2nc(C(=O)O)n3cccnc23)c1C. The number of fused-ring (bicyclic) bond motifs is 1. The van der Waals surface area contributed by atoms with Gasteiger partial charge in [0.15, 0.2) is 5.65 Å². The van der Waals surface area contributed by atoms with Crippen molar-refractivity contribution in [3.63, 3.8) is 0 Å². The second-order valence-corrected chi connectivity index (χ2v) is 4.65. The summed E-state index contributed by atoms with van der Waals surface area (Å²) >= 11 is 0. The fraction of sp³-hybridized carbons (Fsp3) is 0.133. The number of carboxylic acid groups (broad SMARTS) is 1.